The van der Waals surface area contributed by atoms with Crippen molar-refractivity contribution in [2.75, 3.05) is 7.11 Å². The number of ether oxygens (including phenoxy) is 2. The number of phenols is 1. The van der Waals surface area contributed by atoms with Crippen molar-refractivity contribution in [2.24, 2.45) is 0 Å². The van der Waals surface area contributed by atoms with E-state index in [0.29, 0.717) is 11.5 Å². The molecule has 1 N–H and O–H groups in total. The van der Waals surface area contributed by atoms with Crippen molar-refractivity contribution in [3.8, 4) is 17.2 Å². The Morgan fingerprint density at radius 2 is 1.90 bits per heavy atom. The number of esters is 1. The second-order valence-electron chi connectivity index (χ2n) is 4.11. The first-order chi connectivity index (χ1) is 9.58. The molecule has 0 spiro atoms. The lowest BCUT2D eigenvalue weighted by Crippen LogP contribution is -2.04. The third kappa shape index (κ3) is 3.86. The van der Waals surface area contributed by atoms with Crippen LogP contribution >= 0.6 is 22.6 Å². The molecule has 0 aliphatic rings. The molecule has 0 aromatic heterocycles. The second-order valence-corrected chi connectivity index (χ2v) is 5.28. The summed E-state index contributed by atoms with van der Waals surface area (Å²) in [6.45, 7) is 0. The topological polar surface area (TPSA) is 55.8 Å². The molecule has 0 bridgehead atoms. The summed E-state index contributed by atoms with van der Waals surface area (Å²) in [5, 5.41) is 9.22. The van der Waals surface area contributed by atoms with Crippen molar-refractivity contribution in [1.82, 2.24) is 0 Å². The Hall–Kier alpha value is -1.76. The summed E-state index contributed by atoms with van der Waals surface area (Å²) < 4.78 is 11.3. The molecule has 0 saturated heterocycles. The Bertz CT molecular complexity index is 608. The number of methoxy groups -OCH3 is 1. The van der Waals surface area contributed by atoms with Gasteiger partial charge in [-0.2, -0.15) is 0 Å². The van der Waals surface area contributed by atoms with Gasteiger partial charge in [-0.3, -0.25) is 4.79 Å². The van der Waals surface area contributed by atoms with E-state index in [9.17, 15) is 9.90 Å². The van der Waals surface area contributed by atoms with Crippen molar-refractivity contribution in [3.05, 3.63) is 51.6 Å². The van der Waals surface area contributed by atoms with Crippen molar-refractivity contribution in [2.45, 2.75) is 6.42 Å². The van der Waals surface area contributed by atoms with E-state index in [0.717, 1.165) is 9.13 Å². The van der Waals surface area contributed by atoms with E-state index in [1.54, 1.807) is 24.3 Å². The van der Waals surface area contributed by atoms with Gasteiger partial charge in [0.2, 0.25) is 0 Å². The van der Waals surface area contributed by atoms with Crippen molar-refractivity contribution >= 4 is 28.6 Å². The van der Waals surface area contributed by atoms with Gasteiger partial charge in [0, 0.05) is 0 Å². The van der Waals surface area contributed by atoms with E-state index in [1.165, 1.54) is 7.11 Å². The van der Waals surface area contributed by atoms with Crippen LogP contribution in [0.1, 0.15) is 5.56 Å². The third-order valence-electron chi connectivity index (χ3n) is 2.64. The van der Waals surface area contributed by atoms with Gasteiger partial charge < -0.3 is 14.6 Å². The Morgan fingerprint density at radius 3 is 2.50 bits per heavy atom. The van der Waals surface area contributed by atoms with E-state index < -0.39 is 0 Å². The van der Waals surface area contributed by atoms with E-state index in [1.807, 2.05) is 18.2 Å². The summed E-state index contributed by atoms with van der Waals surface area (Å²) in [7, 11) is 1.37. The fourth-order valence-corrected chi connectivity index (χ4v) is 2.31. The molecule has 20 heavy (non-hydrogen) atoms. The molecule has 0 aliphatic heterocycles. The normalized spacial score (nSPS) is 10.1. The molecule has 0 saturated carbocycles. The highest BCUT2D eigenvalue weighted by molar-refractivity contribution is 14.1. The smallest absolute Gasteiger partial charge is 0.309 e. The van der Waals surface area contributed by atoms with Crippen LogP contribution in [0.15, 0.2) is 42.5 Å². The molecule has 4 nitrogen and oxygen atoms in total. The van der Waals surface area contributed by atoms with Crippen molar-refractivity contribution in [1.29, 1.82) is 0 Å². The molecular weight excluding hydrogens is 371 g/mol. The Kier molecular flexibility index (Phi) is 4.84. The standard InChI is InChI=1S/C15H13IO4/c1-19-15(18)9-10-2-7-14(13(16)8-10)20-12-5-3-11(17)4-6-12/h2-8,17H,9H2,1H3. The van der Waals surface area contributed by atoms with Crippen LogP contribution < -0.4 is 4.74 Å². The summed E-state index contributed by atoms with van der Waals surface area (Å²) in [6.07, 6.45) is 0.242. The molecule has 2 rings (SSSR count). The first-order valence-electron chi connectivity index (χ1n) is 5.90. The fourth-order valence-electron chi connectivity index (χ4n) is 1.62. The maximum atomic E-state index is 11.2. The zero-order chi connectivity index (χ0) is 14.5. The summed E-state index contributed by atoms with van der Waals surface area (Å²) >= 11 is 2.15. The predicted molar refractivity (Wildman–Crippen MR) is 83.1 cm³/mol. The molecule has 0 unspecified atom stereocenters. The summed E-state index contributed by atoms with van der Waals surface area (Å²) in [4.78, 5) is 11.2. The first-order valence-corrected chi connectivity index (χ1v) is 6.98. The molecular formula is C15H13IO4. The molecule has 0 amide bonds. The summed E-state index contributed by atoms with van der Waals surface area (Å²) in [5.74, 6) is 1.26. The van der Waals surface area contributed by atoms with Crippen LogP contribution in [0, 0.1) is 3.57 Å². The van der Waals surface area contributed by atoms with Crippen LogP contribution in [0.25, 0.3) is 0 Å². The zero-order valence-corrected chi connectivity index (χ0v) is 13.0. The number of aromatic hydroxyl groups is 1. The SMILES string of the molecule is COC(=O)Cc1ccc(Oc2ccc(O)cc2)c(I)c1. The van der Waals surface area contributed by atoms with E-state index in [2.05, 4.69) is 27.3 Å². The Morgan fingerprint density at radius 1 is 1.20 bits per heavy atom. The number of carbonyl (C=O) groups is 1. The van der Waals surface area contributed by atoms with E-state index in [4.69, 9.17) is 4.74 Å². The van der Waals surface area contributed by atoms with Crippen LogP contribution in [0.3, 0.4) is 0 Å². The minimum absolute atomic E-state index is 0.195. The summed E-state index contributed by atoms with van der Waals surface area (Å²) in [6, 6.07) is 12.0. The molecule has 0 atom stereocenters. The van der Waals surface area contributed by atoms with Crippen LogP contribution in [0.2, 0.25) is 0 Å². The lowest BCUT2D eigenvalue weighted by molar-refractivity contribution is -0.139. The van der Waals surface area contributed by atoms with Gasteiger partial charge in [0.15, 0.2) is 0 Å². The minimum Gasteiger partial charge on any atom is -0.508 e. The number of rotatable bonds is 4. The fraction of sp³-hybridized carbons (Fsp3) is 0.133. The molecule has 0 heterocycles. The number of halogens is 1. The zero-order valence-electron chi connectivity index (χ0n) is 10.8. The highest BCUT2D eigenvalue weighted by Crippen LogP contribution is 2.28. The van der Waals surface area contributed by atoms with Crippen LogP contribution in [-0.4, -0.2) is 18.2 Å². The van der Waals surface area contributed by atoms with E-state index in [-0.39, 0.29) is 18.1 Å². The third-order valence-corrected chi connectivity index (χ3v) is 3.48. The Balaban J connectivity index is 2.13. The van der Waals surface area contributed by atoms with Crippen LogP contribution in [0.4, 0.5) is 0 Å². The molecule has 2 aromatic rings. The number of phenolic OH excluding ortho intramolecular Hbond substituents is 1. The van der Waals surface area contributed by atoms with Gasteiger partial charge in [0.25, 0.3) is 0 Å². The monoisotopic (exact) mass is 384 g/mol. The second kappa shape index (κ2) is 6.60. The number of carbonyl (C=O) groups excluding carboxylic acids is 1. The number of hydrogen-bond donors (Lipinski definition) is 1. The van der Waals surface area contributed by atoms with Gasteiger partial charge >= 0.3 is 5.97 Å². The van der Waals surface area contributed by atoms with Gasteiger partial charge in [0.1, 0.15) is 17.2 Å². The van der Waals surface area contributed by atoms with Gasteiger partial charge in [-0.15, -0.1) is 0 Å². The predicted octanol–water partition coefficient (Wildman–Crippen LogP) is 3.50. The highest BCUT2D eigenvalue weighted by atomic mass is 127. The van der Waals surface area contributed by atoms with Crippen LogP contribution in [-0.2, 0) is 16.0 Å². The Labute approximate surface area is 130 Å². The highest BCUT2D eigenvalue weighted by Gasteiger charge is 2.07. The molecule has 0 aliphatic carbocycles. The molecule has 2 aromatic carbocycles. The molecule has 104 valence electrons. The van der Waals surface area contributed by atoms with Crippen molar-refractivity contribution in [3.63, 3.8) is 0 Å². The lowest BCUT2D eigenvalue weighted by Gasteiger charge is -2.09. The van der Waals surface area contributed by atoms with Crippen LogP contribution in [0.5, 0.6) is 17.2 Å². The maximum Gasteiger partial charge on any atom is 0.309 e. The minimum atomic E-state index is -0.270. The molecule has 0 radical (unpaired) electrons. The average molecular weight is 384 g/mol. The van der Waals surface area contributed by atoms with Gasteiger partial charge in [-0.25, -0.2) is 0 Å². The van der Waals surface area contributed by atoms with Gasteiger partial charge in [-0.1, -0.05) is 6.07 Å². The molecule has 5 heteroatoms. The largest absolute Gasteiger partial charge is 0.508 e. The first kappa shape index (κ1) is 14.6. The maximum absolute atomic E-state index is 11.2. The average Bonchev–Trinajstić information content (AvgIpc) is 2.44. The lowest BCUT2D eigenvalue weighted by atomic mass is 10.1. The van der Waals surface area contributed by atoms with Gasteiger partial charge in [-0.05, 0) is 64.6 Å². The van der Waals surface area contributed by atoms with E-state index >= 15 is 0 Å². The van der Waals surface area contributed by atoms with Gasteiger partial charge in [0.05, 0.1) is 17.1 Å². The quantitative estimate of drug-likeness (QED) is 0.648. The summed E-state index contributed by atoms with van der Waals surface area (Å²) in [5.41, 5.74) is 0.874. The molecule has 0 fully saturated rings. The number of hydrogen-bond acceptors (Lipinski definition) is 4. The van der Waals surface area contributed by atoms with Crippen molar-refractivity contribution < 1.29 is 19.4 Å². The number of benzene rings is 2.